The molecule has 2 heterocycles. The second-order valence-electron chi connectivity index (χ2n) is 5.56. The third-order valence-corrected chi connectivity index (χ3v) is 3.97. The molecule has 2 atom stereocenters. The first-order valence-electron chi connectivity index (χ1n) is 7.03. The van der Waals surface area contributed by atoms with Crippen LogP contribution in [0.25, 0.3) is 10.9 Å². The summed E-state index contributed by atoms with van der Waals surface area (Å²) >= 11 is 0. The van der Waals surface area contributed by atoms with Gasteiger partial charge in [-0.2, -0.15) is 0 Å². The van der Waals surface area contributed by atoms with E-state index >= 15 is 0 Å². The van der Waals surface area contributed by atoms with Gasteiger partial charge in [0.2, 0.25) is 5.91 Å². The van der Waals surface area contributed by atoms with Crippen molar-refractivity contribution in [1.29, 1.82) is 0 Å². The van der Waals surface area contributed by atoms with Gasteiger partial charge in [-0.3, -0.25) is 9.78 Å². The maximum Gasteiger partial charge on any atom is 0.229 e. The van der Waals surface area contributed by atoms with Crippen molar-refractivity contribution in [2.45, 2.75) is 13.8 Å². The molecule has 104 valence electrons. The molecular weight excluding hydrogens is 250 g/mol. The van der Waals surface area contributed by atoms with Gasteiger partial charge in [0.25, 0.3) is 0 Å². The van der Waals surface area contributed by atoms with Crippen LogP contribution in [0.5, 0.6) is 0 Å². The molecule has 2 N–H and O–H groups in total. The molecule has 20 heavy (non-hydrogen) atoms. The second kappa shape index (κ2) is 5.21. The smallest absolute Gasteiger partial charge is 0.229 e. The second-order valence-corrected chi connectivity index (χ2v) is 5.56. The van der Waals surface area contributed by atoms with Crippen molar-refractivity contribution in [3.05, 3.63) is 36.0 Å². The van der Waals surface area contributed by atoms with Crippen molar-refractivity contribution in [2.24, 2.45) is 11.8 Å². The summed E-state index contributed by atoms with van der Waals surface area (Å²) in [6.45, 7) is 5.73. The maximum absolute atomic E-state index is 12.4. The molecule has 4 heteroatoms. The number of carbonyl (C=O) groups is 1. The molecule has 1 aromatic carbocycles. The zero-order valence-electron chi connectivity index (χ0n) is 11.8. The normalized spacial score (nSPS) is 22.1. The molecule has 1 fully saturated rings. The minimum absolute atomic E-state index is 0.0371. The molecule has 0 saturated carbocycles. The summed E-state index contributed by atoms with van der Waals surface area (Å²) < 4.78 is 0. The number of aryl methyl sites for hydroxylation is 1. The van der Waals surface area contributed by atoms with Gasteiger partial charge < -0.3 is 10.6 Å². The van der Waals surface area contributed by atoms with E-state index in [1.807, 2.05) is 37.3 Å². The zero-order chi connectivity index (χ0) is 14.1. The molecule has 1 aliphatic heterocycles. The molecule has 0 radical (unpaired) electrons. The predicted molar refractivity (Wildman–Crippen MR) is 80.6 cm³/mol. The fourth-order valence-electron chi connectivity index (χ4n) is 2.73. The Morgan fingerprint density at radius 3 is 2.90 bits per heavy atom. The summed E-state index contributed by atoms with van der Waals surface area (Å²) in [5.41, 5.74) is 2.62. The molecule has 0 aliphatic carbocycles. The highest BCUT2D eigenvalue weighted by Crippen LogP contribution is 2.24. The van der Waals surface area contributed by atoms with Crippen LogP contribution in [0, 0.1) is 18.8 Å². The van der Waals surface area contributed by atoms with Gasteiger partial charge in [0.15, 0.2) is 0 Å². The topological polar surface area (TPSA) is 54.0 Å². The average molecular weight is 269 g/mol. The van der Waals surface area contributed by atoms with Crippen LogP contribution < -0.4 is 10.6 Å². The van der Waals surface area contributed by atoms with Crippen LogP contribution in [0.3, 0.4) is 0 Å². The lowest BCUT2D eigenvalue weighted by atomic mass is 9.97. The molecule has 1 saturated heterocycles. The Hall–Kier alpha value is -1.94. The van der Waals surface area contributed by atoms with Gasteiger partial charge in [-0.05, 0) is 31.5 Å². The molecule has 0 unspecified atom stereocenters. The molecular formula is C16H19N3O. The summed E-state index contributed by atoms with van der Waals surface area (Å²) in [7, 11) is 0. The summed E-state index contributed by atoms with van der Waals surface area (Å²) in [4.78, 5) is 16.9. The lowest BCUT2D eigenvalue weighted by Gasteiger charge is -2.15. The minimum Gasteiger partial charge on any atom is -0.324 e. The van der Waals surface area contributed by atoms with Crippen LogP contribution in [0.1, 0.15) is 12.6 Å². The monoisotopic (exact) mass is 269 g/mol. The van der Waals surface area contributed by atoms with Crippen molar-refractivity contribution < 1.29 is 4.79 Å². The quantitative estimate of drug-likeness (QED) is 0.880. The fourth-order valence-corrected chi connectivity index (χ4v) is 2.73. The van der Waals surface area contributed by atoms with E-state index in [0.717, 1.165) is 35.4 Å². The van der Waals surface area contributed by atoms with Crippen molar-refractivity contribution in [3.8, 4) is 0 Å². The number of aromatic nitrogens is 1. The number of benzene rings is 1. The number of amides is 1. The van der Waals surface area contributed by atoms with Gasteiger partial charge in [0.05, 0.1) is 17.1 Å². The third kappa shape index (κ3) is 2.39. The summed E-state index contributed by atoms with van der Waals surface area (Å²) in [5, 5.41) is 7.35. The molecule has 3 rings (SSSR count). The van der Waals surface area contributed by atoms with Gasteiger partial charge >= 0.3 is 0 Å². The molecule has 0 spiro atoms. The van der Waals surface area contributed by atoms with E-state index in [4.69, 9.17) is 0 Å². The lowest BCUT2D eigenvalue weighted by Crippen LogP contribution is -2.28. The van der Waals surface area contributed by atoms with Crippen molar-refractivity contribution in [3.63, 3.8) is 0 Å². The Labute approximate surface area is 118 Å². The number of pyridine rings is 1. The number of para-hydroxylation sites is 1. The van der Waals surface area contributed by atoms with Crippen molar-refractivity contribution in [1.82, 2.24) is 10.3 Å². The van der Waals surface area contributed by atoms with Crippen LogP contribution in [0.4, 0.5) is 5.69 Å². The average Bonchev–Trinajstić information content (AvgIpc) is 2.86. The predicted octanol–water partition coefficient (Wildman–Crippen LogP) is 2.34. The first-order chi connectivity index (χ1) is 9.65. The Balaban J connectivity index is 1.90. The van der Waals surface area contributed by atoms with E-state index in [2.05, 4.69) is 22.5 Å². The van der Waals surface area contributed by atoms with Gasteiger partial charge in [-0.15, -0.1) is 0 Å². The number of anilines is 1. The summed E-state index contributed by atoms with van der Waals surface area (Å²) in [6, 6.07) is 9.89. The van der Waals surface area contributed by atoms with E-state index in [1.165, 1.54) is 0 Å². The third-order valence-electron chi connectivity index (χ3n) is 3.97. The standard InChI is InChI=1S/C16H19N3O/c1-10-8-17-9-13(10)16(20)19-14-5-3-4-12-7-6-11(2)18-15(12)14/h3-7,10,13,17H,8-9H2,1-2H3,(H,19,20)/t10-,13-/m1/s1. The van der Waals surface area contributed by atoms with Gasteiger partial charge in [-0.1, -0.05) is 25.1 Å². The molecule has 4 nitrogen and oxygen atoms in total. The first kappa shape index (κ1) is 13.1. The van der Waals surface area contributed by atoms with Gasteiger partial charge in [0, 0.05) is 17.6 Å². The largest absolute Gasteiger partial charge is 0.324 e. The summed E-state index contributed by atoms with van der Waals surface area (Å²) in [6.07, 6.45) is 0. The number of nitrogens with zero attached hydrogens (tertiary/aromatic N) is 1. The molecule has 1 aliphatic rings. The summed E-state index contributed by atoms with van der Waals surface area (Å²) in [5.74, 6) is 0.494. The van der Waals surface area contributed by atoms with Crippen LogP contribution in [-0.4, -0.2) is 24.0 Å². The zero-order valence-corrected chi connectivity index (χ0v) is 11.8. The van der Waals surface area contributed by atoms with Crippen LogP contribution >= 0.6 is 0 Å². The van der Waals surface area contributed by atoms with E-state index in [9.17, 15) is 4.79 Å². The Morgan fingerprint density at radius 2 is 2.15 bits per heavy atom. The molecule has 1 amide bonds. The van der Waals surface area contributed by atoms with Crippen LogP contribution in [0.15, 0.2) is 30.3 Å². The fraction of sp³-hybridized carbons (Fsp3) is 0.375. The van der Waals surface area contributed by atoms with Crippen molar-refractivity contribution >= 4 is 22.5 Å². The lowest BCUT2D eigenvalue weighted by molar-refractivity contribution is -0.120. The Kier molecular flexibility index (Phi) is 3.40. The van der Waals surface area contributed by atoms with E-state index < -0.39 is 0 Å². The van der Waals surface area contributed by atoms with E-state index in [-0.39, 0.29) is 11.8 Å². The molecule has 0 bridgehead atoms. The molecule has 2 aromatic rings. The highest BCUT2D eigenvalue weighted by atomic mass is 16.1. The van der Waals surface area contributed by atoms with Crippen LogP contribution in [0.2, 0.25) is 0 Å². The number of carbonyl (C=O) groups excluding carboxylic acids is 1. The van der Waals surface area contributed by atoms with Crippen molar-refractivity contribution in [2.75, 3.05) is 18.4 Å². The number of nitrogens with one attached hydrogen (secondary N) is 2. The Morgan fingerprint density at radius 1 is 1.30 bits per heavy atom. The minimum atomic E-state index is 0.0371. The number of hydrogen-bond acceptors (Lipinski definition) is 3. The van der Waals surface area contributed by atoms with E-state index in [0.29, 0.717) is 5.92 Å². The number of fused-ring (bicyclic) bond motifs is 1. The van der Waals surface area contributed by atoms with E-state index in [1.54, 1.807) is 0 Å². The number of rotatable bonds is 2. The van der Waals surface area contributed by atoms with Crippen LogP contribution in [-0.2, 0) is 4.79 Å². The SMILES string of the molecule is Cc1ccc2cccc(NC(=O)[C@@H]3CNC[C@H]3C)c2n1. The van der Waals surface area contributed by atoms with Gasteiger partial charge in [-0.25, -0.2) is 0 Å². The maximum atomic E-state index is 12.4. The first-order valence-corrected chi connectivity index (χ1v) is 7.03. The Bertz CT molecular complexity index is 653. The highest BCUT2D eigenvalue weighted by molar-refractivity contribution is 6.01. The molecule has 1 aromatic heterocycles. The number of hydrogen-bond donors (Lipinski definition) is 2. The van der Waals surface area contributed by atoms with Gasteiger partial charge in [0.1, 0.15) is 0 Å². The highest BCUT2D eigenvalue weighted by Gasteiger charge is 2.29.